The number of benzene rings is 1. The number of hydrogen-bond acceptors (Lipinski definition) is 2. The first-order valence-corrected chi connectivity index (χ1v) is 5.72. The van der Waals surface area contributed by atoms with Crippen molar-refractivity contribution in [2.24, 2.45) is 0 Å². The predicted octanol–water partition coefficient (Wildman–Crippen LogP) is 2.41. The van der Waals surface area contributed by atoms with Crippen LogP contribution in [0, 0.1) is 6.92 Å². The fourth-order valence-corrected chi connectivity index (χ4v) is 1.48. The van der Waals surface area contributed by atoms with E-state index >= 15 is 0 Å². The highest BCUT2D eigenvalue weighted by Crippen LogP contribution is 2.16. The molecule has 0 fully saturated rings. The summed E-state index contributed by atoms with van der Waals surface area (Å²) in [6, 6.07) is 5.34. The number of rotatable bonds is 5. The summed E-state index contributed by atoms with van der Waals surface area (Å²) in [4.78, 5) is 11.7. The van der Waals surface area contributed by atoms with Gasteiger partial charge in [-0.05, 0) is 44.6 Å². The summed E-state index contributed by atoms with van der Waals surface area (Å²) in [6.07, 6.45) is 0.918. The third kappa shape index (κ3) is 5.39. The molecule has 0 bridgehead atoms. The van der Waals surface area contributed by atoms with Crippen LogP contribution >= 0.6 is 24.0 Å². The standard InChI is InChI=1S/C12H17ClN2O.ClH/c1-9-4-5-10(8-11(9)13)12(16)15-7-3-6-14-2;/h4-5,8,14H,3,6-7H2,1-2H3,(H,15,16);1H. The first kappa shape index (κ1) is 16.2. The SMILES string of the molecule is CNCCCNC(=O)c1ccc(C)c(Cl)c1.Cl. The van der Waals surface area contributed by atoms with Crippen LogP contribution in [0.1, 0.15) is 22.3 Å². The Morgan fingerprint density at radius 1 is 1.35 bits per heavy atom. The van der Waals surface area contributed by atoms with Crippen LogP contribution in [0.5, 0.6) is 0 Å². The zero-order valence-electron chi connectivity index (χ0n) is 10.0. The first-order valence-electron chi connectivity index (χ1n) is 5.34. The van der Waals surface area contributed by atoms with Crippen molar-refractivity contribution in [2.75, 3.05) is 20.1 Å². The Kier molecular flexibility index (Phi) is 7.96. The smallest absolute Gasteiger partial charge is 0.251 e. The van der Waals surface area contributed by atoms with Crippen LogP contribution in [-0.2, 0) is 0 Å². The quantitative estimate of drug-likeness (QED) is 0.811. The molecule has 1 amide bonds. The average molecular weight is 277 g/mol. The van der Waals surface area contributed by atoms with E-state index in [0.717, 1.165) is 18.5 Å². The fraction of sp³-hybridized carbons (Fsp3) is 0.417. The molecule has 0 aliphatic carbocycles. The molecule has 3 nitrogen and oxygen atoms in total. The molecule has 1 aromatic rings. The maximum absolute atomic E-state index is 11.7. The third-order valence-corrected chi connectivity index (χ3v) is 2.73. The number of aryl methyl sites for hydroxylation is 1. The van der Waals surface area contributed by atoms with Gasteiger partial charge in [0.1, 0.15) is 0 Å². The summed E-state index contributed by atoms with van der Waals surface area (Å²) in [5, 5.41) is 6.50. The van der Waals surface area contributed by atoms with Crippen molar-refractivity contribution in [2.45, 2.75) is 13.3 Å². The minimum absolute atomic E-state index is 0. The third-order valence-electron chi connectivity index (χ3n) is 2.32. The van der Waals surface area contributed by atoms with Gasteiger partial charge in [-0.3, -0.25) is 4.79 Å². The predicted molar refractivity (Wildman–Crippen MR) is 74.3 cm³/mol. The molecule has 17 heavy (non-hydrogen) atoms. The van der Waals surface area contributed by atoms with E-state index in [1.807, 2.05) is 20.0 Å². The summed E-state index contributed by atoms with van der Waals surface area (Å²) in [5.41, 5.74) is 1.59. The van der Waals surface area contributed by atoms with Gasteiger partial charge in [-0.15, -0.1) is 12.4 Å². The molecule has 0 radical (unpaired) electrons. The fourth-order valence-electron chi connectivity index (χ4n) is 1.30. The van der Waals surface area contributed by atoms with Crippen LogP contribution in [0.4, 0.5) is 0 Å². The maximum atomic E-state index is 11.7. The Hall–Kier alpha value is -0.770. The van der Waals surface area contributed by atoms with Gasteiger partial charge in [0.15, 0.2) is 0 Å². The van der Waals surface area contributed by atoms with Crippen LogP contribution in [0.3, 0.4) is 0 Å². The van der Waals surface area contributed by atoms with E-state index in [1.165, 1.54) is 0 Å². The molecule has 0 spiro atoms. The Bertz CT molecular complexity index is 370. The lowest BCUT2D eigenvalue weighted by molar-refractivity contribution is 0.0953. The molecule has 96 valence electrons. The van der Waals surface area contributed by atoms with Crippen molar-refractivity contribution in [1.82, 2.24) is 10.6 Å². The van der Waals surface area contributed by atoms with Crippen LogP contribution in [0.25, 0.3) is 0 Å². The first-order chi connectivity index (χ1) is 7.65. The lowest BCUT2D eigenvalue weighted by Crippen LogP contribution is -2.26. The van der Waals surface area contributed by atoms with E-state index in [1.54, 1.807) is 12.1 Å². The normalized spacial score (nSPS) is 9.59. The van der Waals surface area contributed by atoms with E-state index in [2.05, 4.69) is 10.6 Å². The minimum atomic E-state index is -0.0713. The molecule has 0 heterocycles. The van der Waals surface area contributed by atoms with Gasteiger partial charge < -0.3 is 10.6 Å². The molecule has 1 aromatic carbocycles. The Morgan fingerprint density at radius 2 is 2.06 bits per heavy atom. The van der Waals surface area contributed by atoms with Crippen LogP contribution in [0.2, 0.25) is 5.02 Å². The number of carbonyl (C=O) groups excluding carboxylic acids is 1. The Labute approximate surface area is 113 Å². The van der Waals surface area contributed by atoms with Crippen LogP contribution < -0.4 is 10.6 Å². The van der Waals surface area contributed by atoms with Crippen LogP contribution in [-0.4, -0.2) is 26.0 Å². The van der Waals surface area contributed by atoms with Gasteiger partial charge in [0.25, 0.3) is 5.91 Å². The average Bonchev–Trinajstić information content (AvgIpc) is 2.28. The van der Waals surface area contributed by atoms with Gasteiger partial charge in [-0.2, -0.15) is 0 Å². The molecule has 0 saturated carbocycles. The largest absolute Gasteiger partial charge is 0.352 e. The van der Waals surface area contributed by atoms with Crippen molar-refractivity contribution in [3.05, 3.63) is 34.3 Å². The highest BCUT2D eigenvalue weighted by molar-refractivity contribution is 6.31. The summed E-state index contributed by atoms with van der Waals surface area (Å²) in [5.74, 6) is -0.0713. The van der Waals surface area contributed by atoms with Crippen molar-refractivity contribution >= 4 is 29.9 Å². The summed E-state index contributed by atoms with van der Waals surface area (Å²) in [6.45, 7) is 3.48. The lowest BCUT2D eigenvalue weighted by Gasteiger charge is -2.06. The van der Waals surface area contributed by atoms with E-state index in [4.69, 9.17) is 11.6 Å². The number of carbonyl (C=O) groups is 1. The summed E-state index contributed by atoms with van der Waals surface area (Å²) >= 11 is 5.95. The second-order valence-corrected chi connectivity index (χ2v) is 4.08. The molecule has 0 aliphatic rings. The lowest BCUT2D eigenvalue weighted by atomic mass is 10.1. The number of halogens is 2. The Balaban J connectivity index is 0.00000256. The van der Waals surface area contributed by atoms with Gasteiger partial charge >= 0.3 is 0 Å². The molecule has 0 aliphatic heterocycles. The molecule has 0 unspecified atom stereocenters. The van der Waals surface area contributed by atoms with Gasteiger partial charge in [-0.1, -0.05) is 17.7 Å². The van der Waals surface area contributed by atoms with Crippen molar-refractivity contribution < 1.29 is 4.79 Å². The zero-order valence-corrected chi connectivity index (χ0v) is 11.6. The molecule has 1 rings (SSSR count). The second kappa shape index (κ2) is 8.34. The topological polar surface area (TPSA) is 41.1 Å². The summed E-state index contributed by atoms with van der Waals surface area (Å²) < 4.78 is 0. The zero-order chi connectivity index (χ0) is 12.0. The molecular formula is C12H18Cl2N2O. The molecule has 5 heteroatoms. The highest BCUT2D eigenvalue weighted by Gasteiger charge is 2.06. The van der Waals surface area contributed by atoms with Crippen molar-refractivity contribution in [3.8, 4) is 0 Å². The van der Waals surface area contributed by atoms with E-state index in [0.29, 0.717) is 17.1 Å². The number of nitrogens with one attached hydrogen (secondary N) is 2. The minimum Gasteiger partial charge on any atom is -0.352 e. The highest BCUT2D eigenvalue weighted by atomic mass is 35.5. The number of hydrogen-bond donors (Lipinski definition) is 2. The van der Waals surface area contributed by atoms with Crippen LogP contribution in [0.15, 0.2) is 18.2 Å². The van der Waals surface area contributed by atoms with E-state index < -0.39 is 0 Å². The van der Waals surface area contributed by atoms with E-state index in [-0.39, 0.29) is 18.3 Å². The molecule has 2 N–H and O–H groups in total. The molecular weight excluding hydrogens is 259 g/mol. The van der Waals surface area contributed by atoms with Crippen molar-refractivity contribution in [1.29, 1.82) is 0 Å². The van der Waals surface area contributed by atoms with Gasteiger partial charge in [0.05, 0.1) is 0 Å². The van der Waals surface area contributed by atoms with Gasteiger partial charge in [0.2, 0.25) is 0 Å². The summed E-state index contributed by atoms with van der Waals surface area (Å²) in [7, 11) is 1.89. The molecule has 0 saturated heterocycles. The van der Waals surface area contributed by atoms with E-state index in [9.17, 15) is 4.79 Å². The molecule has 0 aromatic heterocycles. The van der Waals surface area contributed by atoms with Gasteiger partial charge in [0, 0.05) is 17.1 Å². The molecule has 0 atom stereocenters. The maximum Gasteiger partial charge on any atom is 0.251 e. The monoisotopic (exact) mass is 276 g/mol. The number of amides is 1. The Morgan fingerprint density at radius 3 is 2.65 bits per heavy atom. The second-order valence-electron chi connectivity index (χ2n) is 3.68. The van der Waals surface area contributed by atoms with Gasteiger partial charge in [-0.25, -0.2) is 0 Å². The van der Waals surface area contributed by atoms with Crippen molar-refractivity contribution in [3.63, 3.8) is 0 Å².